The molecule has 0 amide bonds. The molecule has 0 radical (unpaired) electrons. The molecule has 2 rings (SSSR count). The quantitative estimate of drug-likeness (QED) is 0.849. The second kappa shape index (κ2) is 6.63. The van der Waals surface area contributed by atoms with Crippen LogP contribution in [0.2, 0.25) is 0 Å². The van der Waals surface area contributed by atoms with Gasteiger partial charge >= 0.3 is 0 Å². The van der Waals surface area contributed by atoms with E-state index >= 15 is 0 Å². The molecule has 22 heavy (non-hydrogen) atoms. The van der Waals surface area contributed by atoms with Crippen LogP contribution in [0.1, 0.15) is 25.3 Å². The van der Waals surface area contributed by atoms with E-state index in [1.807, 2.05) is 11.0 Å². The van der Waals surface area contributed by atoms with Crippen LogP contribution in [0.5, 0.6) is 0 Å². The SMILES string of the molecule is CCS(=O)(=O)N(C)C1CCN(c2cccc(F)c2C#N)CC1. The van der Waals surface area contributed by atoms with E-state index in [0.29, 0.717) is 31.6 Å². The van der Waals surface area contributed by atoms with E-state index < -0.39 is 15.8 Å². The van der Waals surface area contributed by atoms with E-state index in [9.17, 15) is 12.8 Å². The number of rotatable bonds is 4. The second-order valence-electron chi connectivity index (χ2n) is 5.38. The number of anilines is 1. The van der Waals surface area contributed by atoms with Crippen molar-refractivity contribution >= 4 is 15.7 Å². The Morgan fingerprint density at radius 2 is 2.05 bits per heavy atom. The summed E-state index contributed by atoms with van der Waals surface area (Å²) in [5.74, 6) is -0.431. The summed E-state index contributed by atoms with van der Waals surface area (Å²) in [6, 6.07) is 6.46. The van der Waals surface area contributed by atoms with Gasteiger partial charge in [0.1, 0.15) is 17.4 Å². The maximum atomic E-state index is 13.7. The molecule has 1 saturated heterocycles. The Hall–Kier alpha value is -1.65. The van der Waals surface area contributed by atoms with Crippen molar-refractivity contribution in [2.45, 2.75) is 25.8 Å². The fourth-order valence-corrected chi connectivity index (χ4v) is 3.86. The van der Waals surface area contributed by atoms with Crippen molar-refractivity contribution in [3.8, 4) is 6.07 Å². The van der Waals surface area contributed by atoms with Gasteiger partial charge in [-0.25, -0.2) is 17.1 Å². The second-order valence-corrected chi connectivity index (χ2v) is 7.70. The predicted octanol–water partition coefficient (Wildman–Crippen LogP) is 1.95. The summed E-state index contributed by atoms with van der Waals surface area (Å²) in [6.45, 7) is 2.84. The van der Waals surface area contributed by atoms with Crippen LogP contribution in [0.4, 0.5) is 10.1 Å². The Kier molecular flexibility index (Phi) is 5.04. The molecule has 0 atom stereocenters. The Balaban J connectivity index is 2.11. The summed E-state index contributed by atoms with van der Waals surface area (Å²) in [6.07, 6.45) is 1.33. The van der Waals surface area contributed by atoms with Crippen LogP contribution in [0.3, 0.4) is 0 Å². The lowest BCUT2D eigenvalue weighted by molar-refractivity contribution is 0.312. The van der Waals surface area contributed by atoms with Gasteiger partial charge in [0.05, 0.1) is 11.4 Å². The first-order valence-corrected chi connectivity index (χ1v) is 8.91. The topological polar surface area (TPSA) is 64.4 Å². The van der Waals surface area contributed by atoms with Gasteiger partial charge in [-0.15, -0.1) is 0 Å². The fourth-order valence-electron chi connectivity index (χ4n) is 2.79. The molecule has 5 nitrogen and oxygen atoms in total. The van der Waals surface area contributed by atoms with Crippen molar-refractivity contribution in [3.05, 3.63) is 29.6 Å². The number of halogens is 1. The summed E-state index contributed by atoms with van der Waals surface area (Å²) in [4.78, 5) is 1.95. The van der Waals surface area contributed by atoms with Crippen LogP contribution in [0.15, 0.2) is 18.2 Å². The third kappa shape index (κ3) is 3.23. The van der Waals surface area contributed by atoms with E-state index in [-0.39, 0.29) is 17.4 Å². The molecule has 7 heteroatoms. The summed E-state index contributed by atoms with van der Waals surface area (Å²) in [5, 5.41) is 9.10. The van der Waals surface area contributed by atoms with Gasteiger partial charge in [0.2, 0.25) is 10.0 Å². The average Bonchev–Trinajstić information content (AvgIpc) is 2.54. The summed E-state index contributed by atoms with van der Waals surface area (Å²) in [7, 11) is -1.58. The Bertz CT molecular complexity index is 677. The van der Waals surface area contributed by atoms with Gasteiger partial charge in [-0.2, -0.15) is 5.26 Å². The molecule has 0 bridgehead atoms. The van der Waals surface area contributed by atoms with E-state index in [2.05, 4.69) is 0 Å². The molecule has 0 aliphatic carbocycles. The largest absolute Gasteiger partial charge is 0.370 e. The summed E-state index contributed by atoms with van der Waals surface area (Å²) in [5.41, 5.74) is 0.637. The minimum Gasteiger partial charge on any atom is -0.370 e. The normalized spacial score (nSPS) is 16.8. The zero-order valence-electron chi connectivity index (χ0n) is 12.8. The zero-order chi connectivity index (χ0) is 16.3. The highest BCUT2D eigenvalue weighted by Crippen LogP contribution is 2.27. The van der Waals surface area contributed by atoms with Crippen LogP contribution >= 0.6 is 0 Å². The fraction of sp³-hybridized carbons (Fsp3) is 0.533. The lowest BCUT2D eigenvalue weighted by atomic mass is 10.0. The summed E-state index contributed by atoms with van der Waals surface area (Å²) >= 11 is 0. The molecule has 1 heterocycles. The highest BCUT2D eigenvalue weighted by molar-refractivity contribution is 7.89. The van der Waals surface area contributed by atoms with Crippen molar-refractivity contribution in [2.24, 2.45) is 0 Å². The molecule has 1 fully saturated rings. The van der Waals surface area contributed by atoms with Crippen LogP contribution in [-0.2, 0) is 10.0 Å². The van der Waals surface area contributed by atoms with E-state index in [0.717, 1.165) is 0 Å². The minimum absolute atomic E-state index is 0.0414. The number of hydrogen-bond acceptors (Lipinski definition) is 4. The van der Waals surface area contributed by atoms with Gasteiger partial charge < -0.3 is 4.90 Å². The molecule has 1 aliphatic rings. The lowest BCUT2D eigenvalue weighted by Crippen LogP contribution is -2.46. The van der Waals surface area contributed by atoms with Crippen molar-refractivity contribution in [3.63, 3.8) is 0 Å². The Morgan fingerprint density at radius 1 is 1.41 bits per heavy atom. The molecule has 120 valence electrons. The standard InChI is InChI=1S/C15H20FN3O2S/c1-3-22(20,21)18(2)12-7-9-19(10-8-12)15-6-4-5-14(16)13(15)11-17/h4-6,12H,3,7-10H2,1-2H3. The van der Waals surface area contributed by atoms with Gasteiger partial charge in [-0.1, -0.05) is 6.07 Å². The molecule has 0 spiro atoms. The van der Waals surface area contributed by atoms with Crippen molar-refractivity contribution < 1.29 is 12.8 Å². The van der Waals surface area contributed by atoms with Crippen LogP contribution < -0.4 is 4.90 Å². The van der Waals surface area contributed by atoms with Crippen LogP contribution in [0.25, 0.3) is 0 Å². The maximum Gasteiger partial charge on any atom is 0.213 e. The van der Waals surface area contributed by atoms with Crippen LogP contribution in [0, 0.1) is 17.1 Å². The number of piperidine rings is 1. The van der Waals surface area contributed by atoms with Gasteiger partial charge in [0, 0.05) is 26.2 Å². The molecule has 0 unspecified atom stereocenters. The first-order valence-electron chi connectivity index (χ1n) is 7.30. The van der Waals surface area contributed by atoms with E-state index in [1.165, 1.54) is 10.4 Å². The van der Waals surface area contributed by atoms with E-state index in [1.54, 1.807) is 26.1 Å². The van der Waals surface area contributed by atoms with E-state index in [4.69, 9.17) is 5.26 Å². The molecular formula is C15H20FN3O2S. The number of hydrogen-bond donors (Lipinski definition) is 0. The van der Waals surface area contributed by atoms with Crippen molar-refractivity contribution in [1.82, 2.24) is 4.31 Å². The molecule has 0 aromatic heterocycles. The predicted molar refractivity (Wildman–Crippen MR) is 83.6 cm³/mol. The first kappa shape index (κ1) is 16.7. The van der Waals surface area contributed by atoms with Gasteiger partial charge in [-0.05, 0) is 31.9 Å². The molecule has 1 aliphatic heterocycles. The third-order valence-corrected chi connectivity index (χ3v) is 6.13. The minimum atomic E-state index is -3.20. The molecule has 1 aromatic rings. The number of benzene rings is 1. The number of sulfonamides is 1. The smallest absolute Gasteiger partial charge is 0.213 e. The molecule has 0 saturated carbocycles. The molecular weight excluding hydrogens is 305 g/mol. The van der Waals surface area contributed by atoms with Crippen LogP contribution in [-0.4, -0.2) is 44.7 Å². The third-order valence-electron chi connectivity index (χ3n) is 4.23. The first-order chi connectivity index (χ1) is 10.4. The Labute approximate surface area is 131 Å². The molecule has 0 N–H and O–H groups in total. The Morgan fingerprint density at radius 3 is 2.59 bits per heavy atom. The van der Waals surface area contributed by atoms with Crippen molar-refractivity contribution in [1.29, 1.82) is 5.26 Å². The lowest BCUT2D eigenvalue weighted by Gasteiger charge is -2.37. The summed E-state index contributed by atoms with van der Waals surface area (Å²) < 4.78 is 39.0. The highest BCUT2D eigenvalue weighted by atomic mass is 32.2. The number of nitrogens with zero attached hydrogens (tertiary/aromatic N) is 3. The monoisotopic (exact) mass is 325 g/mol. The highest BCUT2D eigenvalue weighted by Gasteiger charge is 2.29. The van der Waals surface area contributed by atoms with Crippen molar-refractivity contribution in [2.75, 3.05) is 30.8 Å². The maximum absolute atomic E-state index is 13.7. The van der Waals surface area contributed by atoms with Gasteiger partial charge in [0.25, 0.3) is 0 Å². The van der Waals surface area contributed by atoms with Gasteiger partial charge in [0.15, 0.2) is 0 Å². The average molecular weight is 325 g/mol. The zero-order valence-corrected chi connectivity index (χ0v) is 13.6. The number of nitriles is 1. The molecule has 1 aromatic carbocycles. The van der Waals surface area contributed by atoms with Gasteiger partial charge in [-0.3, -0.25) is 0 Å².